The van der Waals surface area contributed by atoms with E-state index in [1.807, 2.05) is 90.9 Å². The fourth-order valence-electron chi connectivity index (χ4n) is 3.15. The molecule has 2 aromatic heterocycles. The fourth-order valence-corrected chi connectivity index (χ4v) is 4.48. The Morgan fingerprint density at radius 3 is 2.48 bits per heavy atom. The van der Waals surface area contributed by atoms with Crippen LogP contribution in [0.4, 0.5) is 17.1 Å². The minimum Gasteiger partial charge on any atom is -0.356 e. The van der Waals surface area contributed by atoms with Crippen molar-refractivity contribution >= 4 is 46.1 Å². The van der Waals surface area contributed by atoms with Crippen molar-refractivity contribution in [2.45, 2.75) is 25.0 Å². The molecule has 0 saturated heterocycles. The molecule has 0 aliphatic heterocycles. The Hall–Kier alpha value is -3.10. The number of H-pyrrole nitrogens is 1. The van der Waals surface area contributed by atoms with E-state index in [1.165, 1.54) is 11.8 Å². The van der Waals surface area contributed by atoms with Gasteiger partial charge in [-0.2, -0.15) is 0 Å². The largest absolute Gasteiger partial charge is 0.356 e. The number of thiophene rings is 1. The normalized spacial score (nSPS) is 10.9. The molecule has 4 rings (SSSR count). The fraction of sp³-hybridized carbons (Fsp3) is 0.174. The Bertz CT molecular complexity index is 1110. The zero-order chi connectivity index (χ0) is 21.6. The second-order valence-corrected chi connectivity index (χ2v) is 9.02. The molecule has 0 spiro atoms. The molecule has 31 heavy (non-hydrogen) atoms. The van der Waals surface area contributed by atoms with Gasteiger partial charge >= 0.3 is 0 Å². The third-order valence-electron chi connectivity index (χ3n) is 4.54. The van der Waals surface area contributed by atoms with E-state index in [-0.39, 0.29) is 17.7 Å². The summed E-state index contributed by atoms with van der Waals surface area (Å²) >= 11 is 2.94. The van der Waals surface area contributed by atoms with E-state index < -0.39 is 0 Å². The monoisotopic (exact) mass is 449 g/mol. The van der Waals surface area contributed by atoms with E-state index in [9.17, 15) is 4.79 Å². The van der Waals surface area contributed by atoms with E-state index in [0.29, 0.717) is 5.16 Å². The van der Waals surface area contributed by atoms with Gasteiger partial charge in [0, 0.05) is 23.1 Å². The number of carbonyl (C=O) groups is 1. The van der Waals surface area contributed by atoms with Crippen LogP contribution in [0.15, 0.2) is 77.3 Å². The second-order valence-electron chi connectivity index (χ2n) is 7.13. The van der Waals surface area contributed by atoms with E-state index in [2.05, 4.69) is 20.5 Å². The first kappa shape index (κ1) is 21.1. The molecule has 0 saturated carbocycles. The lowest BCUT2D eigenvalue weighted by molar-refractivity contribution is -0.116. The van der Waals surface area contributed by atoms with Crippen molar-refractivity contribution in [3.8, 4) is 10.7 Å². The van der Waals surface area contributed by atoms with E-state index in [4.69, 9.17) is 0 Å². The molecule has 2 aromatic carbocycles. The Kier molecular flexibility index (Phi) is 6.69. The van der Waals surface area contributed by atoms with Gasteiger partial charge in [0.15, 0.2) is 5.82 Å². The predicted molar refractivity (Wildman–Crippen MR) is 129 cm³/mol. The zero-order valence-corrected chi connectivity index (χ0v) is 18.9. The van der Waals surface area contributed by atoms with Gasteiger partial charge in [-0.3, -0.25) is 9.89 Å². The number of nitrogens with one attached hydrogen (secondary N) is 2. The Morgan fingerprint density at radius 1 is 1.06 bits per heavy atom. The molecule has 0 bridgehead atoms. The van der Waals surface area contributed by atoms with Crippen molar-refractivity contribution in [3.63, 3.8) is 0 Å². The topological polar surface area (TPSA) is 73.9 Å². The zero-order valence-electron chi connectivity index (χ0n) is 17.3. The number of amides is 1. The molecule has 2 heterocycles. The molecule has 6 nitrogen and oxygen atoms in total. The first-order valence-corrected chi connectivity index (χ1v) is 11.8. The molecule has 8 heteroatoms. The van der Waals surface area contributed by atoms with Gasteiger partial charge in [-0.05, 0) is 61.7 Å². The predicted octanol–water partition coefficient (Wildman–Crippen LogP) is 5.81. The molecule has 0 aliphatic carbocycles. The lowest BCUT2D eigenvalue weighted by Crippen LogP contribution is -2.38. The van der Waals surface area contributed by atoms with Crippen LogP contribution in [0.5, 0.6) is 0 Å². The molecule has 2 N–H and O–H groups in total. The van der Waals surface area contributed by atoms with E-state index in [1.54, 1.807) is 11.3 Å². The van der Waals surface area contributed by atoms with Crippen LogP contribution in [-0.2, 0) is 4.79 Å². The van der Waals surface area contributed by atoms with Crippen molar-refractivity contribution in [1.82, 2.24) is 15.2 Å². The van der Waals surface area contributed by atoms with E-state index in [0.717, 1.165) is 27.8 Å². The summed E-state index contributed by atoms with van der Waals surface area (Å²) < 4.78 is 0. The van der Waals surface area contributed by atoms with Crippen molar-refractivity contribution in [3.05, 3.63) is 72.1 Å². The molecule has 0 radical (unpaired) electrons. The average molecular weight is 450 g/mol. The Balaban J connectivity index is 1.40. The number of hydrogen-bond donors (Lipinski definition) is 2. The highest BCUT2D eigenvalue weighted by atomic mass is 32.2. The molecule has 0 unspecified atom stereocenters. The van der Waals surface area contributed by atoms with E-state index >= 15 is 0 Å². The summed E-state index contributed by atoms with van der Waals surface area (Å²) in [6.45, 7) is 4.03. The van der Waals surface area contributed by atoms with Crippen molar-refractivity contribution in [1.29, 1.82) is 0 Å². The molecular weight excluding hydrogens is 426 g/mol. The van der Waals surface area contributed by atoms with Gasteiger partial charge in [-0.1, -0.05) is 36.0 Å². The molecule has 158 valence electrons. The van der Waals surface area contributed by atoms with Crippen LogP contribution in [0.2, 0.25) is 0 Å². The van der Waals surface area contributed by atoms with Crippen molar-refractivity contribution in [2.75, 3.05) is 16.0 Å². The third-order valence-corrected chi connectivity index (χ3v) is 6.25. The maximum Gasteiger partial charge on any atom is 0.237 e. The maximum absolute atomic E-state index is 13.0. The molecule has 0 aliphatic rings. The number of carbonyl (C=O) groups excluding carboxylic acids is 1. The Labute approximate surface area is 189 Å². The summed E-state index contributed by atoms with van der Waals surface area (Å²) in [7, 11) is 0. The lowest BCUT2D eigenvalue weighted by atomic mass is 10.2. The standard InChI is InChI=1S/C23H23N5OS2/c1-16(2)28(19-12-10-18(11-13-19)24-17-7-4-3-5-8-17)21(29)15-31-23-25-22(26-27-23)20-9-6-14-30-20/h3-14,16,24H,15H2,1-2H3,(H,25,26,27). The highest BCUT2D eigenvalue weighted by Gasteiger charge is 2.20. The lowest BCUT2D eigenvalue weighted by Gasteiger charge is -2.27. The minimum atomic E-state index is 0.0197. The van der Waals surface area contributed by atoms with Crippen LogP contribution < -0.4 is 10.2 Å². The number of aromatic nitrogens is 3. The molecule has 1 amide bonds. The summed E-state index contributed by atoms with van der Waals surface area (Å²) in [5.74, 6) is 1.02. The highest BCUT2D eigenvalue weighted by molar-refractivity contribution is 7.99. The second kappa shape index (κ2) is 9.80. The number of benzene rings is 2. The number of nitrogens with zero attached hydrogens (tertiary/aromatic N) is 3. The number of rotatable bonds is 8. The number of hydrogen-bond acceptors (Lipinski definition) is 6. The van der Waals surface area contributed by atoms with Gasteiger partial charge in [-0.15, -0.1) is 16.4 Å². The van der Waals surface area contributed by atoms with Crippen LogP contribution >= 0.6 is 23.1 Å². The first-order valence-electron chi connectivity index (χ1n) is 9.93. The Morgan fingerprint density at radius 2 is 1.81 bits per heavy atom. The summed E-state index contributed by atoms with van der Waals surface area (Å²) in [6, 6.07) is 21.9. The summed E-state index contributed by atoms with van der Waals surface area (Å²) in [5, 5.41) is 13.1. The molecule has 4 aromatic rings. The van der Waals surface area contributed by atoms with Gasteiger partial charge < -0.3 is 10.2 Å². The molecule has 0 atom stereocenters. The van der Waals surface area contributed by atoms with Crippen molar-refractivity contribution in [2.24, 2.45) is 0 Å². The number of thioether (sulfide) groups is 1. The van der Waals surface area contributed by atoms with Crippen LogP contribution in [0.3, 0.4) is 0 Å². The third kappa shape index (κ3) is 5.34. The summed E-state index contributed by atoms with van der Waals surface area (Å²) in [4.78, 5) is 20.3. The minimum absolute atomic E-state index is 0.0197. The molecular formula is C23H23N5OS2. The first-order chi connectivity index (χ1) is 15.1. The van der Waals surface area contributed by atoms with Crippen LogP contribution in [-0.4, -0.2) is 32.9 Å². The van der Waals surface area contributed by atoms with Gasteiger partial charge in [-0.25, -0.2) is 4.98 Å². The van der Waals surface area contributed by atoms with Gasteiger partial charge in [0.05, 0.1) is 10.6 Å². The van der Waals surface area contributed by atoms with Gasteiger partial charge in [0.2, 0.25) is 11.1 Å². The van der Waals surface area contributed by atoms with Crippen LogP contribution in [0.1, 0.15) is 13.8 Å². The average Bonchev–Trinajstić information content (AvgIpc) is 3.46. The number of aromatic amines is 1. The quantitative estimate of drug-likeness (QED) is 0.332. The van der Waals surface area contributed by atoms with Crippen LogP contribution in [0, 0.1) is 0 Å². The number of para-hydroxylation sites is 1. The van der Waals surface area contributed by atoms with Crippen LogP contribution in [0.25, 0.3) is 10.7 Å². The molecule has 0 fully saturated rings. The summed E-state index contributed by atoms with van der Waals surface area (Å²) in [5.41, 5.74) is 2.87. The smallest absolute Gasteiger partial charge is 0.237 e. The van der Waals surface area contributed by atoms with Crippen molar-refractivity contribution < 1.29 is 4.79 Å². The maximum atomic E-state index is 13.0. The number of anilines is 3. The van der Waals surface area contributed by atoms with Gasteiger partial charge in [0.1, 0.15) is 0 Å². The summed E-state index contributed by atoms with van der Waals surface area (Å²) in [6.07, 6.45) is 0. The SMILES string of the molecule is CC(C)N(C(=O)CSc1n[nH]c(-c2cccs2)n1)c1ccc(Nc2ccccc2)cc1. The van der Waals surface area contributed by atoms with Gasteiger partial charge in [0.25, 0.3) is 0 Å². The highest BCUT2D eigenvalue weighted by Crippen LogP contribution is 2.26.